The van der Waals surface area contributed by atoms with Gasteiger partial charge in [0.15, 0.2) is 5.16 Å². The van der Waals surface area contributed by atoms with Gasteiger partial charge in [-0.25, -0.2) is 10.5 Å². The van der Waals surface area contributed by atoms with Gasteiger partial charge >= 0.3 is 0 Å². The number of imidazole rings is 1. The third kappa shape index (κ3) is 3.55. The molecule has 8 heteroatoms. The molecule has 0 radical (unpaired) electrons. The summed E-state index contributed by atoms with van der Waals surface area (Å²) in [6, 6.07) is 0. The van der Waals surface area contributed by atoms with E-state index in [0.717, 1.165) is 23.1 Å². The highest BCUT2D eigenvalue weighted by atomic mass is 32.2. The lowest BCUT2D eigenvalue weighted by Gasteiger charge is -2.20. The van der Waals surface area contributed by atoms with E-state index >= 15 is 0 Å². The predicted molar refractivity (Wildman–Crippen MR) is 72.2 cm³/mol. The molecule has 0 fully saturated rings. The lowest BCUT2D eigenvalue weighted by atomic mass is 10.6. The van der Waals surface area contributed by atoms with Crippen LogP contribution in [0.4, 0.5) is 0 Å². The highest BCUT2D eigenvalue weighted by Gasteiger charge is 2.12. The van der Waals surface area contributed by atoms with Gasteiger partial charge in [0.25, 0.3) is 0 Å². The Kier molecular flexibility index (Phi) is 4.57. The standard InChI is InChI=1S/C9H16N6S2/c1-13-5-4-10-9(13)16-6-3-7-17-15-12-11-8-14(15)2/h4-5,8,12H,3,6-7H2,1-2H3. The lowest BCUT2D eigenvalue weighted by molar-refractivity contribution is 0.177. The molecule has 0 saturated heterocycles. The molecule has 1 N–H and O–H groups in total. The van der Waals surface area contributed by atoms with Crippen molar-refractivity contribution < 1.29 is 0 Å². The van der Waals surface area contributed by atoms with Crippen LogP contribution in [0.3, 0.4) is 0 Å². The van der Waals surface area contributed by atoms with Crippen molar-refractivity contribution in [3.05, 3.63) is 12.4 Å². The van der Waals surface area contributed by atoms with E-state index in [1.54, 1.807) is 30.0 Å². The van der Waals surface area contributed by atoms with Crippen LogP contribution in [0.2, 0.25) is 0 Å². The molecule has 0 spiro atoms. The molecule has 1 aliphatic heterocycles. The maximum absolute atomic E-state index is 4.27. The zero-order valence-electron chi connectivity index (χ0n) is 9.91. The van der Waals surface area contributed by atoms with Crippen LogP contribution in [-0.4, -0.2) is 44.0 Å². The number of thioether (sulfide) groups is 1. The van der Waals surface area contributed by atoms with Gasteiger partial charge in [-0.3, -0.25) is 5.01 Å². The van der Waals surface area contributed by atoms with E-state index in [0.29, 0.717) is 0 Å². The Balaban J connectivity index is 1.56. The number of hydrazone groups is 1. The Labute approximate surface area is 110 Å². The number of aromatic nitrogens is 2. The van der Waals surface area contributed by atoms with Gasteiger partial charge in [-0.05, 0) is 18.4 Å². The molecule has 0 atom stereocenters. The Morgan fingerprint density at radius 1 is 1.35 bits per heavy atom. The van der Waals surface area contributed by atoms with Crippen LogP contribution in [0.25, 0.3) is 0 Å². The number of hydrogen-bond acceptors (Lipinski definition) is 7. The highest BCUT2D eigenvalue weighted by molar-refractivity contribution is 7.99. The second kappa shape index (κ2) is 6.18. The van der Waals surface area contributed by atoms with Crippen LogP contribution in [-0.2, 0) is 7.05 Å². The maximum Gasteiger partial charge on any atom is 0.167 e. The molecule has 6 nitrogen and oxygen atoms in total. The Bertz CT molecular complexity index is 379. The number of hydrogen-bond donors (Lipinski definition) is 1. The van der Waals surface area contributed by atoms with E-state index in [2.05, 4.69) is 15.6 Å². The Morgan fingerprint density at radius 2 is 2.24 bits per heavy atom. The number of nitrogens with one attached hydrogen (secondary N) is 1. The lowest BCUT2D eigenvalue weighted by Crippen LogP contribution is -2.34. The van der Waals surface area contributed by atoms with Crippen molar-refractivity contribution in [2.75, 3.05) is 18.6 Å². The molecule has 0 amide bonds. The molecule has 17 heavy (non-hydrogen) atoms. The van der Waals surface area contributed by atoms with Gasteiger partial charge in [0, 0.05) is 38.0 Å². The third-order valence-corrected chi connectivity index (χ3v) is 4.36. The number of rotatable bonds is 6. The summed E-state index contributed by atoms with van der Waals surface area (Å²) in [4.78, 5) is 4.27. The summed E-state index contributed by atoms with van der Waals surface area (Å²) >= 11 is 3.51. The summed E-state index contributed by atoms with van der Waals surface area (Å²) in [7, 11) is 3.98. The second-order valence-electron chi connectivity index (χ2n) is 3.55. The van der Waals surface area contributed by atoms with Gasteiger partial charge in [0.2, 0.25) is 0 Å². The Morgan fingerprint density at radius 3 is 2.88 bits per heavy atom. The highest BCUT2D eigenvalue weighted by Crippen LogP contribution is 2.18. The molecule has 1 aliphatic rings. The van der Waals surface area contributed by atoms with Crippen molar-refractivity contribution in [1.82, 2.24) is 24.6 Å². The first kappa shape index (κ1) is 12.6. The SMILES string of the molecule is CN1C=NNN1SCCCSc1nccn1C. The average molecular weight is 272 g/mol. The molecule has 0 aromatic carbocycles. The normalized spacial score (nSPS) is 15.5. The van der Waals surface area contributed by atoms with Crippen LogP contribution in [0.1, 0.15) is 6.42 Å². The van der Waals surface area contributed by atoms with E-state index in [4.69, 9.17) is 0 Å². The summed E-state index contributed by atoms with van der Waals surface area (Å²) in [5.74, 6) is 2.13. The minimum Gasteiger partial charge on any atom is -0.329 e. The molecule has 2 rings (SSSR count). The fourth-order valence-electron chi connectivity index (χ4n) is 1.26. The van der Waals surface area contributed by atoms with Crippen LogP contribution in [0.5, 0.6) is 0 Å². The van der Waals surface area contributed by atoms with Gasteiger partial charge in [-0.1, -0.05) is 16.3 Å². The smallest absolute Gasteiger partial charge is 0.167 e. The van der Waals surface area contributed by atoms with Crippen molar-refractivity contribution >= 4 is 30.0 Å². The van der Waals surface area contributed by atoms with Crippen molar-refractivity contribution in [2.24, 2.45) is 12.1 Å². The van der Waals surface area contributed by atoms with Gasteiger partial charge in [0.1, 0.15) is 6.34 Å². The van der Waals surface area contributed by atoms with E-state index < -0.39 is 0 Å². The largest absolute Gasteiger partial charge is 0.329 e. The Hall–Kier alpha value is -0.860. The molecule has 94 valence electrons. The molecule has 1 aromatic rings. The molecule has 0 aliphatic carbocycles. The number of aryl methyl sites for hydroxylation is 1. The minimum absolute atomic E-state index is 1.05. The molecule has 0 unspecified atom stereocenters. The van der Waals surface area contributed by atoms with E-state index in [9.17, 15) is 0 Å². The zero-order valence-corrected chi connectivity index (χ0v) is 11.5. The summed E-state index contributed by atoms with van der Waals surface area (Å²) in [5, 5.41) is 6.93. The summed E-state index contributed by atoms with van der Waals surface area (Å²) in [5.41, 5.74) is 2.89. The summed E-state index contributed by atoms with van der Waals surface area (Å²) in [6.45, 7) is 0. The van der Waals surface area contributed by atoms with Gasteiger partial charge in [-0.15, -0.1) is 0 Å². The summed E-state index contributed by atoms with van der Waals surface area (Å²) in [6.07, 6.45) is 6.68. The average Bonchev–Trinajstić information content (AvgIpc) is 2.89. The van der Waals surface area contributed by atoms with Crippen molar-refractivity contribution in [3.8, 4) is 0 Å². The number of hydrazine groups is 2. The topological polar surface area (TPSA) is 48.7 Å². The predicted octanol–water partition coefficient (Wildman–Crippen LogP) is 1.16. The van der Waals surface area contributed by atoms with Gasteiger partial charge < -0.3 is 4.57 Å². The van der Waals surface area contributed by atoms with E-state index in [1.165, 1.54) is 0 Å². The zero-order chi connectivity index (χ0) is 12.1. The molecule has 1 aromatic heterocycles. The summed E-state index contributed by atoms with van der Waals surface area (Å²) < 4.78 is 3.95. The van der Waals surface area contributed by atoms with E-state index in [-0.39, 0.29) is 0 Å². The fourth-order valence-corrected chi connectivity index (χ4v) is 3.09. The first-order chi connectivity index (χ1) is 8.27. The first-order valence-corrected chi connectivity index (χ1v) is 7.25. The van der Waals surface area contributed by atoms with Crippen LogP contribution in [0.15, 0.2) is 22.7 Å². The van der Waals surface area contributed by atoms with Crippen molar-refractivity contribution in [2.45, 2.75) is 11.6 Å². The van der Waals surface area contributed by atoms with Crippen LogP contribution < -0.4 is 5.53 Å². The van der Waals surface area contributed by atoms with E-state index in [1.807, 2.05) is 40.6 Å². The third-order valence-electron chi connectivity index (χ3n) is 2.17. The first-order valence-electron chi connectivity index (χ1n) is 5.32. The molecule has 0 bridgehead atoms. The minimum atomic E-state index is 1.05. The number of nitrogens with zero attached hydrogens (tertiary/aromatic N) is 5. The maximum atomic E-state index is 4.27. The van der Waals surface area contributed by atoms with Crippen LogP contribution >= 0.6 is 23.7 Å². The van der Waals surface area contributed by atoms with Crippen molar-refractivity contribution in [1.29, 1.82) is 0 Å². The molecular formula is C9H16N6S2. The van der Waals surface area contributed by atoms with Crippen molar-refractivity contribution in [3.63, 3.8) is 0 Å². The molecule has 2 heterocycles. The fraction of sp³-hybridized carbons (Fsp3) is 0.556. The quantitative estimate of drug-likeness (QED) is 0.476. The molecular weight excluding hydrogens is 256 g/mol. The second-order valence-corrected chi connectivity index (χ2v) is 5.62. The van der Waals surface area contributed by atoms with Gasteiger partial charge in [-0.2, -0.15) is 5.10 Å². The monoisotopic (exact) mass is 272 g/mol. The molecule has 0 saturated carbocycles. The van der Waals surface area contributed by atoms with Gasteiger partial charge in [0.05, 0.1) is 0 Å². The van der Waals surface area contributed by atoms with Crippen LogP contribution in [0, 0.1) is 0 Å².